The molecule has 0 bridgehead atoms. The van der Waals surface area contributed by atoms with Crippen molar-refractivity contribution in [3.8, 4) is 0 Å². The number of hydrogen-bond donors (Lipinski definition) is 0. The standard InChI is InChI=1S/C12H14O5/c1-16-11(15)4-7-12(17-9-8-13)5-2-10(14)3-6-12/h2-3,5-6,8H,4,7,9H2,1H3. The zero-order valence-electron chi connectivity index (χ0n) is 9.55. The number of carbonyl (C=O) groups is 3. The number of ether oxygens (including phenoxy) is 2. The quantitative estimate of drug-likeness (QED) is 0.500. The van der Waals surface area contributed by atoms with Crippen molar-refractivity contribution in [2.24, 2.45) is 0 Å². The van der Waals surface area contributed by atoms with Gasteiger partial charge in [-0.05, 0) is 30.7 Å². The maximum atomic E-state index is 11.1. The Morgan fingerprint density at radius 3 is 2.59 bits per heavy atom. The molecule has 0 atom stereocenters. The minimum atomic E-state index is -0.872. The molecule has 1 rings (SSSR count). The van der Waals surface area contributed by atoms with Crippen molar-refractivity contribution in [3.63, 3.8) is 0 Å². The van der Waals surface area contributed by atoms with Crippen LogP contribution in [0.15, 0.2) is 24.3 Å². The Morgan fingerprint density at radius 1 is 1.41 bits per heavy atom. The van der Waals surface area contributed by atoms with E-state index >= 15 is 0 Å². The van der Waals surface area contributed by atoms with Crippen LogP contribution in [0.5, 0.6) is 0 Å². The summed E-state index contributed by atoms with van der Waals surface area (Å²) in [6, 6.07) is 0. The number of allylic oxidation sites excluding steroid dienone is 2. The molecule has 1 aliphatic rings. The maximum absolute atomic E-state index is 11.1. The summed E-state index contributed by atoms with van der Waals surface area (Å²) >= 11 is 0. The Labute approximate surface area is 99.1 Å². The van der Waals surface area contributed by atoms with Crippen molar-refractivity contribution in [2.75, 3.05) is 13.7 Å². The van der Waals surface area contributed by atoms with Crippen LogP contribution in [0.1, 0.15) is 12.8 Å². The van der Waals surface area contributed by atoms with Gasteiger partial charge in [0.2, 0.25) is 0 Å². The lowest BCUT2D eigenvalue weighted by Crippen LogP contribution is -2.31. The molecule has 5 nitrogen and oxygen atoms in total. The van der Waals surface area contributed by atoms with Gasteiger partial charge in [0.05, 0.1) is 7.11 Å². The summed E-state index contributed by atoms with van der Waals surface area (Å²) < 4.78 is 9.89. The predicted octanol–water partition coefficient (Wildman–Crippen LogP) is 0.589. The van der Waals surface area contributed by atoms with E-state index in [1.807, 2.05) is 0 Å². The third-order valence-electron chi connectivity index (χ3n) is 2.43. The topological polar surface area (TPSA) is 69.7 Å². The monoisotopic (exact) mass is 238 g/mol. The molecule has 0 unspecified atom stereocenters. The lowest BCUT2D eigenvalue weighted by atomic mass is 9.92. The molecule has 17 heavy (non-hydrogen) atoms. The van der Waals surface area contributed by atoms with Crippen LogP contribution in [-0.4, -0.2) is 37.4 Å². The Hall–Kier alpha value is -1.75. The van der Waals surface area contributed by atoms with Crippen LogP contribution < -0.4 is 0 Å². The van der Waals surface area contributed by atoms with Gasteiger partial charge in [0.15, 0.2) is 5.78 Å². The Kier molecular flexibility index (Phi) is 4.78. The van der Waals surface area contributed by atoms with Gasteiger partial charge in [-0.1, -0.05) is 0 Å². The van der Waals surface area contributed by atoms with Gasteiger partial charge >= 0.3 is 5.97 Å². The van der Waals surface area contributed by atoms with Gasteiger partial charge in [0.25, 0.3) is 0 Å². The number of carbonyl (C=O) groups excluding carboxylic acids is 3. The summed E-state index contributed by atoms with van der Waals surface area (Å²) in [5.74, 6) is -0.508. The van der Waals surface area contributed by atoms with E-state index in [9.17, 15) is 14.4 Å². The van der Waals surface area contributed by atoms with Gasteiger partial charge in [-0.25, -0.2) is 0 Å². The lowest BCUT2D eigenvalue weighted by molar-refractivity contribution is -0.141. The second kappa shape index (κ2) is 6.10. The molecule has 0 aromatic heterocycles. The number of hydrogen-bond acceptors (Lipinski definition) is 5. The van der Waals surface area contributed by atoms with E-state index in [0.29, 0.717) is 12.7 Å². The second-order valence-electron chi connectivity index (χ2n) is 3.58. The molecule has 1 aliphatic carbocycles. The number of rotatable bonds is 6. The van der Waals surface area contributed by atoms with Crippen LogP contribution in [0.4, 0.5) is 0 Å². The Morgan fingerprint density at radius 2 is 2.06 bits per heavy atom. The minimum Gasteiger partial charge on any atom is -0.469 e. The molecule has 0 spiro atoms. The van der Waals surface area contributed by atoms with Crippen molar-refractivity contribution in [1.82, 2.24) is 0 Å². The van der Waals surface area contributed by atoms with E-state index in [2.05, 4.69) is 4.74 Å². The molecule has 0 saturated carbocycles. The number of aldehydes is 1. The fourth-order valence-electron chi connectivity index (χ4n) is 1.48. The summed E-state index contributed by atoms with van der Waals surface area (Å²) in [5.41, 5.74) is -0.872. The average Bonchev–Trinajstić information content (AvgIpc) is 2.36. The highest BCUT2D eigenvalue weighted by Crippen LogP contribution is 2.25. The lowest BCUT2D eigenvalue weighted by Gasteiger charge is -2.28. The summed E-state index contributed by atoms with van der Waals surface area (Å²) in [4.78, 5) is 32.4. The minimum absolute atomic E-state index is 0.0932. The highest BCUT2D eigenvalue weighted by molar-refractivity contribution is 6.00. The largest absolute Gasteiger partial charge is 0.469 e. The average molecular weight is 238 g/mol. The fourth-order valence-corrected chi connectivity index (χ4v) is 1.48. The van der Waals surface area contributed by atoms with Crippen molar-refractivity contribution in [3.05, 3.63) is 24.3 Å². The molecule has 0 amide bonds. The third-order valence-corrected chi connectivity index (χ3v) is 2.43. The van der Waals surface area contributed by atoms with Crippen LogP contribution in [0, 0.1) is 0 Å². The van der Waals surface area contributed by atoms with Crippen LogP contribution in [0.3, 0.4) is 0 Å². The number of ketones is 1. The van der Waals surface area contributed by atoms with E-state index in [1.165, 1.54) is 19.3 Å². The van der Waals surface area contributed by atoms with Crippen LogP contribution in [-0.2, 0) is 23.9 Å². The van der Waals surface area contributed by atoms with E-state index in [1.54, 1.807) is 12.2 Å². The molecule has 0 fully saturated rings. The summed E-state index contributed by atoms with van der Waals surface area (Å²) in [5, 5.41) is 0. The van der Waals surface area contributed by atoms with Gasteiger partial charge in [0, 0.05) is 6.42 Å². The SMILES string of the molecule is COC(=O)CCC1(OCC=O)C=CC(=O)C=C1. The van der Waals surface area contributed by atoms with Crippen molar-refractivity contribution in [1.29, 1.82) is 0 Å². The molecule has 0 N–H and O–H groups in total. The van der Waals surface area contributed by atoms with Gasteiger partial charge in [-0.15, -0.1) is 0 Å². The van der Waals surface area contributed by atoms with E-state index < -0.39 is 5.60 Å². The van der Waals surface area contributed by atoms with E-state index in [4.69, 9.17) is 4.74 Å². The highest BCUT2D eigenvalue weighted by atomic mass is 16.5. The van der Waals surface area contributed by atoms with Crippen LogP contribution >= 0.6 is 0 Å². The summed E-state index contributed by atoms with van der Waals surface area (Å²) in [7, 11) is 1.30. The zero-order chi connectivity index (χ0) is 12.7. The first-order chi connectivity index (χ1) is 8.12. The molecule has 0 aromatic rings. The van der Waals surface area contributed by atoms with Crippen LogP contribution in [0.25, 0.3) is 0 Å². The van der Waals surface area contributed by atoms with Crippen LogP contribution in [0.2, 0.25) is 0 Å². The molecular formula is C12H14O5. The molecule has 0 saturated heterocycles. The zero-order valence-corrected chi connectivity index (χ0v) is 9.55. The van der Waals surface area contributed by atoms with Gasteiger partial charge in [-0.2, -0.15) is 0 Å². The molecule has 5 heteroatoms. The van der Waals surface area contributed by atoms with Crippen molar-refractivity contribution >= 4 is 18.0 Å². The number of methoxy groups -OCH3 is 1. The first-order valence-corrected chi connectivity index (χ1v) is 5.19. The van der Waals surface area contributed by atoms with Gasteiger partial charge in [0.1, 0.15) is 18.5 Å². The Bertz CT molecular complexity index is 351. The van der Waals surface area contributed by atoms with Crippen molar-refractivity contribution in [2.45, 2.75) is 18.4 Å². The molecule has 92 valence electrons. The highest BCUT2D eigenvalue weighted by Gasteiger charge is 2.28. The molecular weight excluding hydrogens is 224 g/mol. The van der Waals surface area contributed by atoms with E-state index in [0.717, 1.165) is 0 Å². The normalized spacial score (nSPS) is 16.9. The third kappa shape index (κ3) is 3.96. The molecule has 0 heterocycles. The smallest absolute Gasteiger partial charge is 0.305 e. The summed E-state index contributed by atoms with van der Waals surface area (Å²) in [6.45, 7) is -0.0932. The summed E-state index contributed by atoms with van der Waals surface area (Å²) in [6.07, 6.45) is 6.94. The second-order valence-corrected chi connectivity index (χ2v) is 3.58. The maximum Gasteiger partial charge on any atom is 0.305 e. The first-order valence-electron chi connectivity index (χ1n) is 5.19. The first kappa shape index (κ1) is 13.3. The molecule has 0 aromatic carbocycles. The van der Waals surface area contributed by atoms with Gasteiger partial charge in [-0.3, -0.25) is 9.59 Å². The van der Waals surface area contributed by atoms with Crippen molar-refractivity contribution < 1.29 is 23.9 Å². The predicted molar refractivity (Wildman–Crippen MR) is 59.3 cm³/mol. The molecule has 0 aliphatic heterocycles. The molecule has 0 radical (unpaired) electrons. The Balaban J connectivity index is 2.69. The fraction of sp³-hybridized carbons (Fsp3) is 0.417. The van der Waals surface area contributed by atoms with Gasteiger partial charge < -0.3 is 14.3 Å². The number of esters is 1. The van der Waals surface area contributed by atoms with E-state index in [-0.39, 0.29) is 24.8 Å².